The molecule has 124 valence electrons. The fourth-order valence-corrected chi connectivity index (χ4v) is 3.76. The highest BCUT2D eigenvalue weighted by atomic mass is 16.2. The van der Waals surface area contributed by atoms with E-state index in [0.717, 1.165) is 12.8 Å². The second kappa shape index (κ2) is 7.02. The van der Waals surface area contributed by atoms with Crippen LogP contribution in [-0.2, 0) is 11.2 Å². The van der Waals surface area contributed by atoms with Crippen molar-refractivity contribution in [1.29, 1.82) is 0 Å². The molecular formula is C18H25N3O2. The summed E-state index contributed by atoms with van der Waals surface area (Å²) in [5.41, 5.74) is 8.13. The quantitative estimate of drug-likeness (QED) is 0.895. The van der Waals surface area contributed by atoms with Crippen molar-refractivity contribution < 1.29 is 9.59 Å². The van der Waals surface area contributed by atoms with Crippen LogP contribution in [0.1, 0.15) is 42.7 Å². The van der Waals surface area contributed by atoms with Gasteiger partial charge in [-0.25, -0.2) is 4.79 Å². The van der Waals surface area contributed by atoms with Crippen LogP contribution in [0.4, 0.5) is 4.79 Å². The lowest BCUT2D eigenvalue weighted by molar-refractivity contribution is -0.123. The fourth-order valence-electron chi connectivity index (χ4n) is 3.76. The Balaban J connectivity index is 1.51. The lowest BCUT2D eigenvalue weighted by Crippen LogP contribution is -2.47. The standard InChI is InChI=1S/C18H25N3O2/c19-17(22)14-8-10-21(11-9-14)18(23)20-12-15-6-3-5-13-4-1-2-7-16(13)15/h1-2,4,7,14-15H,3,5-6,8-12H2,(H2,19,22)(H,20,23). The van der Waals surface area contributed by atoms with E-state index in [1.807, 2.05) is 0 Å². The molecule has 1 aliphatic carbocycles. The third-order valence-corrected chi connectivity index (χ3v) is 5.18. The SMILES string of the molecule is NC(=O)C1CCN(C(=O)NCC2CCCc3ccccc32)CC1. The molecular weight excluding hydrogens is 290 g/mol. The highest BCUT2D eigenvalue weighted by Crippen LogP contribution is 2.30. The summed E-state index contributed by atoms with van der Waals surface area (Å²) in [7, 11) is 0. The molecule has 5 heteroatoms. The summed E-state index contributed by atoms with van der Waals surface area (Å²) in [5.74, 6) is 0.0835. The fraction of sp³-hybridized carbons (Fsp3) is 0.556. The summed E-state index contributed by atoms with van der Waals surface area (Å²) >= 11 is 0. The molecule has 3 N–H and O–H groups in total. The molecule has 0 spiro atoms. The van der Waals surface area contributed by atoms with Gasteiger partial charge in [0.05, 0.1) is 0 Å². The first kappa shape index (κ1) is 15.8. The average Bonchev–Trinajstić information content (AvgIpc) is 2.59. The molecule has 1 unspecified atom stereocenters. The molecule has 5 nitrogen and oxygen atoms in total. The van der Waals surface area contributed by atoms with Crippen LogP contribution >= 0.6 is 0 Å². The number of likely N-dealkylation sites (tertiary alicyclic amines) is 1. The van der Waals surface area contributed by atoms with Crippen LogP contribution in [0.2, 0.25) is 0 Å². The van der Waals surface area contributed by atoms with Gasteiger partial charge in [0.25, 0.3) is 0 Å². The molecule has 3 rings (SSSR count). The number of piperidine rings is 1. The molecule has 1 heterocycles. The largest absolute Gasteiger partial charge is 0.369 e. The van der Waals surface area contributed by atoms with Crippen LogP contribution < -0.4 is 11.1 Å². The van der Waals surface area contributed by atoms with Crippen molar-refractivity contribution in [3.63, 3.8) is 0 Å². The molecule has 2 aliphatic rings. The first-order valence-electron chi connectivity index (χ1n) is 8.55. The van der Waals surface area contributed by atoms with Crippen LogP contribution in [-0.4, -0.2) is 36.5 Å². The minimum atomic E-state index is -0.246. The molecule has 1 aliphatic heterocycles. The molecule has 0 bridgehead atoms. The maximum absolute atomic E-state index is 12.3. The minimum absolute atomic E-state index is 0.0176. The molecule has 1 fully saturated rings. The molecule has 1 aromatic rings. The number of amides is 3. The number of hydrogen-bond donors (Lipinski definition) is 2. The van der Waals surface area contributed by atoms with Crippen LogP contribution in [0.3, 0.4) is 0 Å². The van der Waals surface area contributed by atoms with Crippen molar-refractivity contribution in [2.75, 3.05) is 19.6 Å². The monoisotopic (exact) mass is 315 g/mol. The van der Waals surface area contributed by atoms with E-state index in [0.29, 0.717) is 38.4 Å². The van der Waals surface area contributed by atoms with Gasteiger partial charge >= 0.3 is 6.03 Å². The lowest BCUT2D eigenvalue weighted by Gasteiger charge is -2.32. The molecule has 23 heavy (non-hydrogen) atoms. The molecule has 0 aromatic heterocycles. The highest BCUT2D eigenvalue weighted by molar-refractivity contribution is 5.78. The number of fused-ring (bicyclic) bond motifs is 1. The van der Waals surface area contributed by atoms with E-state index in [-0.39, 0.29) is 17.9 Å². The number of carbonyl (C=O) groups is 2. The van der Waals surface area contributed by atoms with Gasteiger partial charge in [0.15, 0.2) is 0 Å². The van der Waals surface area contributed by atoms with Crippen LogP contribution in [0, 0.1) is 5.92 Å². The third kappa shape index (κ3) is 3.66. The molecule has 0 radical (unpaired) electrons. The lowest BCUT2D eigenvalue weighted by atomic mass is 9.83. The summed E-state index contributed by atoms with van der Waals surface area (Å²) in [4.78, 5) is 25.3. The van der Waals surface area contributed by atoms with E-state index in [2.05, 4.69) is 29.6 Å². The van der Waals surface area contributed by atoms with Gasteiger partial charge in [0, 0.05) is 31.5 Å². The number of urea groups is 1. The molecule has 3 amide bonds. The van der Waals surface area contributed by atoms with Gasteiger partial charge in [-0.1, -0.05) is 24.3 Å². The van der Waals surface area contributed by atoms with Gasteiger partial charge < -0.3 is 16.0 Å². The Hall–Kier alpha value is -2.04. The number of primary amides is 1. The van der Waals surface area contributed by atoms with Gasteiger partial charge in [-0.3, -0.25) is 4.79 Å². The summed E-state index contributed by atoms with van der Waals surface area (Å²) in [6, 6.07) is 8.52. The predicted octanol–water partition coefficient (Wildman–Crippen LogP) is 2.01. The second-order valence-corrected chi connectivity index (χ2v) is 6.64. The second-order valence-electron chi connectivity index (χ2n) is 6.64. The Kier molecular flexibility index (Phi) is 4.84. The molecule has 1 atom stereocenters. The summed E-state index contributed by atoms with van der Waals surface area (Å²) in [5, 5.41) is 3.08. The number of nitrogens with one attached hydrogen (secondary N) is 1. The van der Waals surface area contributed by atoms with E-state index in [9.17, 15) is 9.59 Å². The summed E-state index contributed by atoms with van der Waals surface area (Å²) in [6.45, 7) is 1.91. The first-order valence-corrected chi connectivity index (χ1v) is 8.55. The zero-order valence-corrected chi connectivity index (χ0v) is 13.5. The maximum Gasteiger partial charge on any atom is 0.317 e. The number of benzene rings is 1. The van der Waals surface area contributed by atoms with Crippen molar-refractivity contribution >= 4 is 11.9 Å². The number of rotatable bonds is 3. The van der Waals surface area contributed by atoms with Gasteiger partial charge in [-0.2, -0.15) is 0 Å². The number of hydrogen-bond acceptors (Lipinski definition) is 2. The topological polar surface area (TPSA) is 75.4 Å². The van der Waals surface area contributed by atoms with Crippen LogP contribution in [0.15, 0.2) is 24.3 Å². The highest BCUT2D eigenvalue weighted by Gasteiger charge is 2.26. The normalized spacial score (nSPS) is 21.6. The minimum Gasteiger partial charge on any atom is -0.369 e. The predicted molar refractivity (Wildman–Crippen MR) is 89.0 cm³/mol. The van der Waals surface area contributed by atoms with Crippen molar-refractivity contribution in [3.05, 3.63) is 35.4 Å². The van der Waals surface area contributed by atoms with E-state index >= 15 is 0 Å². The number of nitrogens with two attached hydrogens (primary N) is 1. The van der Waals surface area contributed by atoms with E-state index in [1.54, 1.807) is 4.90 Å². The van der Waals surface area contributed by atoms with Crippen molar-refractivity contribution in [3.8, 4) is 0 Å². The molecule has 1 saturated heterocycles. The van der Waals surface area contributed by atoms with Gasteiger partial charge in [-0.05, 0) is 43.2 Å². The van der Waals surface area contributed by atoms with E-state index < -0.39 is 0 Å². The van der Waals surface area contributed by atoms with Crippen molar-refractivity contribution in [1.82, 2.24) is 10.2 Å². The van der Waals surface area contributed by atoms with Gasteiger partial charge in [-0.15, -0.1) is 0 Å². The Labute approximate surface area is 137 Å². The van der Waals surface area contributed by atoms with Crippen LogP contribution in [0.5, 0.6) is 0 Å². The van der Waals surface area contributed by atoms with Crippen LogP contribution in [0.25, 0.3) is 0 Å². The summed E-state index contributed by atoms with van der Waals surface area (Å²) < 4.78 is 0. The third-order valence-electron chi connectivity index (χ3n) is 5.18. The Morgan fingerprint density at radius 2 is 1.91 bits per heavy atom. The van der Waals surface area contributed by atoms with Gasteiger partial charge in [0.2, 0.25) is 5.91 Å². The zero-order chi connectivity index (χ0) is 16.2. The number of carbonyl (C=O) groups excluding carboxylic acids is 2. The first-order chi connectivity index (χ1) is 11.1. The zero-order valence-electron chi connectivity index (χ0n) is 13.5. The van der Waals surface area contributed by atoms with E-state index in [4.69, 9.17) is 5.73 Å². The van der Waals surface area contributed by atoms with E-state index in [1.165, 1.54) is 17.5 Å². The smallest absolute Gasteiger partial charge is 0.317 e. The summed E-state index contributed by atoms with van der Waals surface area (Å²) in [6.07, 6.45) is 4.80. The van der Waals surface area contributed by atoms with Crippen molar-refractivity contribution in [2.45, 2.75) is 38.0 Å². The molecule has 1 aromatic carbocycles. The van der Waals surface area contributed by atoms with Crippen molar-refractivity contribution in [2.24, 2.45) is 11.7 Å². The Morgan fingerprint density at radius 1 is 1.17 bits per heavy atom. The maximum atomic E-state index is 12.3. The Morgan fingerprint density at radius 3 is 2.65 bits per heavy atom. The average molecular weight is 315 g/mol. The number of aryl methyl sites for hydroxylation is 1. The Bertz CT molecular complexity index is 579. The number of nitrogens with zero attached hydrogens (tertiary/aromatic N) is 1. The molecule has 0 saturated carbocycles. The van der Waals surface area contributed by atoms with Gasteiger partial charge in [0.1, 0.15) is 0 Å².